The number of carbonyl (C=O) groups excluding carboxylic acids is 2. The molecule has 0 aliphatic heterocycles. The minimum atomic E-state index is -0.344. The zero-order valence-corrected chi connectivity index (χ0v) is 15.2. The highest BCUT2D eigenvalue weighted by Gasteiger charge is 2.48. The predicted octanol–water partition coefficient (Wildman–Crippen LogP) is 4.77. The summed E-state index contributed by atoms with van der Waals surface area (Å²) in [6, 6.07) is 12.7. The van der Waals surface area contributed by atoms with Crippen molar-refractivity contribution >= 4 is 46.4 Å². The minimum absolute atomic E-state index is 0.127. The SMILES string of the molecule is CCc1ccccc1NC(=O)C1CC1C(=O)Nc1cccc(Cl)c1Cl. The summed E-state index contributed by atoms with van der Waals surface area (Å²) < 4.78 is 0. The number of anilines is 2. The van der Waals surface area contributed by atoms with E-state index in [-0.39, 0.29) is 23.7 Å². The Balaban J connectivity index is 1.61. The quantitative estimate of drug-likeness (QED) is 0.789. The Morgan fingerprint density at radius 2 is 1.56 bits per heavy atom. The molecule has 0 saturated heterocycles. The molecule has 0 radical (unpaired) electrons. The number of hydrogen-bond donors (Lipinski definition) is 2. The van der Waals surface area contributed by atoms with E-state index >= 15 is 0 Å². The molecule has 2 unspecified atom stereocenters. The van der Waals surface area contributed by atoms with E-state index in [9.17, 15) is 9.59 Å². The average molecular weight is 377 g/mol. The summed E-state index contributed by atoms with van der Waals surface area (Å²) in [4.78, 5) is 24.7. The summed E-state index contributed by atoms with van der Waals surface area (Å²) >= 11 is 12.0. The van der Waals surface area contributed by atoms with E-state index in [4.69, 9.17) is 23.2 Å². The van der Waals surface area contributed by atoms with Crippen molar-refractivity contribution in [2.24, 2.45) is 11.8 Å². The van der Waals surface area contributed by atoms with Gasteiger partial charge in [-0.2, -0.15) is 0 Å². The van der Waals surface area contributed by atoms with Gasteiger partial charge in [-0.25, -0.2) is 0 Å². The van der Waals surface area contributed by atoms with E-state index in [1.807, 2.05) is 31.2 Å². The molecule has 2 amide bonds. The number of amides is 2. The minimum Gasteiger partial charge on any atom is -0.326 e. The van der Waals surface area contributed by atoms with Crippen molar-refractivity contribution < 1.29 is 9.59 Å². The van der Waals surface area contributed by atoms with Crippen LogP contribution in [0.15, 0.2) is 42.5 Å². The molecule has 1 saturated carbocycles. The molecule has 2 atom stereocenters. The molecule has 0 spiro atoms. The Kier molecular flexibility index (Phi) is 5.30. The van der Waals surface area contributed by atoms with Gasteiger partial charge in [0, 0.05) is 5.69 Å². The lowest BCUT2D eigenvalue weighted by molar-refractivity contribution is -0.122. The number of para-hydroxylation sites is 1. The molecule has 2 N–H and O–H groups in total. The van der Waals surface area contributed by atoms with Crippen LogP contribution in [-0.2, 0) is 16.0 Å². The van der Waals surface area contributed by atoms with Gasteiger partial charge in [-0.1, -0.05) is 54.4 Å². The van der Waals surface area contributed by atoms with Crippen LogP contribution < -0.4 is 10.6 Å². The molecule has 0 aromatic heterocycles. The fourth-order valence-electron chi connectivity index (χ4n) is 2.78. The van der Waals surface area contributed by atoms with Gasteiger partial charge < -0.3 is 10.6 Å². The molecule has 2 aromatic carbocycles. The predicted molar refractivity (Wildman–Crippen MR) is 101 cm³/mol. The molecule has 1 aliphatic carbocycles. The van der Waals surface area contributed by atoms with Gasteiger partial charge in [-0.15, -0.1) is 0 Å². The van der Waals surface area contributed by atoms with Crippen LogP contribution in [0.2, 0.25) is 10.0 Å². The summed E-state index contributed by atoms with van der Waals surface area (Å²) in [6.07, 6.45) is 1.36. The van der Waals surface area contributed by atoms with E-state index in [2.05, 4.69) is 10.6 Å². The molecule has 6 heteroatoms. The first kappa shape index (κ1) is 17.8. The second-order valence-corrected chi connectivity index (χ2v) is 6.82. The summed E-state index contributed by atoms with van der Waals surface area (Å²) in [7, 11) is 0. The number of hydrogen-bond acceptors (Lipinski definition) is 2. The standard InChI is InChI=1S/C19H18Cl2N2O2/c1-2-11-6-3-4-8-15(11)22-18(24)12-10-13(12)19(25)23-16-9-5-7-14(20)17(16)21/h3-9,12-13H,2,10H2,1H3,(H,22,24)(H,23,25). The van der Waals surface area contributed by atoms with Gasteiger partial charge in [0.1, 0.15) is 0 Å². The largest absolute Gasteiger partial charge is 0.326 e. The maximum Gasteiger partial charge on any atom is 0.228 e. The van der Waals surface area contributed by atoms with Crippen LogP contribution in [0.1, 0.15) is 18.9 Å². The molecular formula is C19H18Cl2N2O2. The number of rotatable bonds is 5. The molecular weight excluding hydrogens is 359 g/mol. The first-order valence-electron chi connectivity index (χ1n) is 8.15. The average Bonchev–Trinajstić information content (AvgIpc) is 3.40. The number of halogens is 2. The normalized spacial score (nSPS) is 18.5. The van der Waals surface area contributed by atoms with Crippen LogP contribution in [0.4, 0.5) is 11.4 Å². The van der Waals surface area contributed by atoms with Gasteiger partial charge in [0.15, 0.2) is 0 Å². The number of carbonyl (C=O) groups is 2. The third-order valence-electron chi connectivity index (χ3n) is 4.33. The van der Waals surface area contributed by atoms with E-state index in [1.165, 1.54) is 0 Å². The summed E-state index contributed by atoms with van der Waals surface area (Å²) in [5, 5.41) is 6.35. The zero-order valence-electron chi connectivity index (χ0n) is 13.7. The van der Waals surface area contributed by atoms with E-state index in [1.54, 1.807) is 18.2 Å². The third-order valence-corrected chi connectivity index (χ3v) is 5.15. The van der Waals surface area contributed by atoms with Crippen molar-refractivity contribution in [2.45, 2.75) is 19.8 Å². The molecule has 25 heavy (non-hydrogen) atoms. The van der Waals surface area contributed by atoms with Crippen LogP contribution in [0.3, 0.4) is 0 Å². The van der Waals surface area contributed by atoms with Crippen molar-refractivity contribution in [3.8, 4) is 0 Å². The van der Waals surface area contributed by atoms with E-state index in [0.29, 0.717) is 22.2 Å². The van der Waals surface area contributed by atoms with Gasteiger partial charge in [0.05, 0.1) is 27.6 Å². The summed E-state index contributed by atoms with van der Waals surface area (Å²) in [5.74, 6) is -1.00. The second kappa shape index (κ2) is 7.46. The van der Waals surface area contributed by atoms with E-state index in [0.717, 1.165) is 17.7 Å². The maximum atomic E-state index is 12.4. The van der Waals surface area contributed by atoms with Gasteiger partial charge in [0.25, 0.3) is 0 Å². The van der Waals surface area contributed by atoms with Crippen molar-refractivity contribution in [1.29, 1.82) is 0 Å². The lowest BCUT2D eigenvalue weighted by atomic mass is 10.1. The zero-order chi connectivity index (χ0) is 18.0. The Morgan fingerprint density at radius 3 is 2.24 bits per heavy atom. The lowest BCUT2D eigenvalue weighted by Gasteiger charge is -2.10. The highest BCUT2D eigenvalue weighted by atomic mass is 35.5. The molecule has 0 bridgehead atoms. The van der Waals surface area contributed by atoms with Crippen LogP contribution in [0, 0.1) is 11.8 Å². The van der Waals surface area contributed by atoms with Crippen molar-refractivity contribution in [1.82, 2.24) is 0 Å². The highest BCUT2D eigenvalue weighted by molar-refractivity contribution is 6.44. The number of benzene rings is 2. The van der Waals surface area contributed by atoms with Gasteiger partial charge in [-0.05, 0) is 36.6 Å². The second-order valence-electron chi connectivity index (χ2n) is 6.04. The van der Waals surface area contributed by atoms with Gasteiger partial charge in [-0.3, -0.25) is 9.59 Å². The molecule has 3 rings (SSSR count). The van der Waals surface area contributed by atoms with Crippen LogP contribution >= 0.6 is 23.2 Å². The van der Waals surface area contributed by atoms with Crippen molar-refractivity contribution in [3.63, 3.8) is 0 Å². The molecule has 2 aromatic rings. The summed E-state index contributed by atoms with van der Waals surface area (Å²) in [5.41, 5.74) is 2.34. The fraction of sp³-hybridized carbons (Fsp3) is 0.263. The Hall–Kier alpha value is -2.04. The summed E-state index contributed by atoms with van der Waals surface area (Å²) in [6.45, 7) is 2.03. The van der Waals surface area contributed by atoms with Crippen molar-refractivity contribution in [2.75, 3.05) is 10.6 Å². The molecule has 0 heterocycles. The Labute approximate surface area is 156 Å². The molecule has 4 nitrogen and oxygen atoms in total. The first-order valence-corrected chi connectivity index (χ1v) is 8.90. The van der Waals surface area contributed by atoms with E-state index < -0.39 is 0 Å². The number of aryl methyl sites for hydroxylation is 1. The first-order chi connectivity index (χ1) is 12.0. The van der Waals surface area contributed by atoms with Crippen LogP contribution in [-0.4, -0.2) is 11.8 Å². The highest BCUT2D eigenvalue weighted by Crippen LogP contribution is 2.41. The molecule has 130 valence electrons. The molecule has 1 aliphatic rings. The van der Waals surface area contributed by atoms with Gasteiger partial charge in [0.2, 0.25) is 11.8 Å². The Morgan fingerprint density at radius 1 is 0.960 bits per heavy atom. The number of nitrogens with one attached hydrogen (secondary N) is 2. The van der Waals surface area contributed by atoms with Crippen LogP contribution in [0.25, 0.3) is 0 Å². The monoisotopic (exact) mass is 376 g/mol. The fourth-order valence-corrected chi connectivity index (χ4v) is 3.12. The van der Waals surface area contributed by atoms with Crippen LogP contribution in [0.5, 0.6) is 0 Å². The maximum absolute atomic E-state index is 12.4. The lowest BCUT2D eigenvalue weighted by Crippen LogP contribution is -2.21. The third kappa shape index (κ3) is 3.97. The Bertz CT molecular complexity index is 823. The molecule has 1 fully saturated rings. The topological polar surface area (TPSA) is 58.2 Å². The smallest absolute Gasteiger partial charge is 0.228 e. The van der Waals surface area contributed by atoms with Crippen molar-refractivity contribution in [3.05, 3.63) is 58.1 Å². The van der Waals surface area contributed by atoms with Gasteiger partial charge >= 0.3 is 0 Å².